The summed E-state index contributed by atoms with van der Waals surface area (Å²) in [4.78, 5) is 17.1. The molecule has 0 aliphatic carbocycles. The van der Waals surface area contributed by atoms with Crippen molar-refractivity contribution in [2.75, 3.05) is 18.6 Å². The second kappa shape index (κ2) is 4.34. The van der Waals surface area contributed by atoms with E-state index in [2.05, 4.69) is 9.36 Å². The summed E-state index contributed by atoms with van der Waals surface area (Å²) in [7, 11) is 1.60. The Morgan fingerprint density at radius 3 is 2.94 bits per heavy atom. The molecule has 0 spiro atoms. The second-order valence-corrected chi connectivity index (χ2v) is 4.45. The lowest BCUT2D eigenvalue weighted by atomic mass is 10.2. The monoisotopic (exact) mass is 243 g/mol. The minimum atomic E-state index is -0.840. The molecule has 1 aliphatic rings. The summed E-state index contributed by atoms with van der Waals surface area (Å²) < 4.78 is 9.26. The fourth-order valence-corrected chi connectivity index (χ4v) is 2.55. The van der Waals surface area contributed by atoms with E-state index in [1.165, 1.54) is 11.5 Å². The number of aryl methyl sites for hydroxylation is 1. The van der Waals surface area contributed by atoms with Gasteiger partial charge in [0.05, 0.1) is 6.10 Å². The highest BCUT2D eigenvalue weighted by atomic mass is 32.1. The van der Waals surface area contributed by atoms with Crippen molar-refractivity contribution >= 4 is 22.6 Å². The first-order chi connectivity index (χ1) is 7.61. The fraction of sp³-hybridized carbons (Fsp3) is 0.667. The van der Waals surface area contributed by atoms with Gasteiger partial charge < -0.3 is 14.7 Å². The van der Waals surface area contributed by atoms with Crippen LogP contribution < -0.4 is 4.90 Å². The fourth-order valence-electron chi connectivity index (χ4n) is 1.82. The molecule has 2 atom stereocenters. The molecule has 88 valence electrons. The first-order valence-corrected chi connectivity index (χ1v) is 5.71. The molecule has 1 saturated heterocycles. The maximum atomic E-state index is 11.1. The minimum Gasteiger partial charge on any atom is -0.480 e. The van der Waals surface area contributed by atoms with Gasteiger partial charge in [0, 0.05) is 31.6 Å². The van der Waals surface area contributed by atoms with E-state index in [0.29, 0.717) is 23.9 Å². The molecule has 2 heterocycles. The molecule has 2 rings (SSSR count). The largest absolute Gasteiger partial charge is 0.480 e. The van der Waals surface area contributed by atoms with Crippen molar-refractivity contribution in [3.05, 3.63) is 5.82 Å². The van der Waals surface area contributed by atoms with Gasteiger partial charge in [-0.1, -0.05) is 0 Å². The molecule has 16 heavy (non-hydrogen) atoms. The number of nitrogens with zero attached hydrogens (tertiary/aromatic N) is 3. The van der Waals surface area contributed by atoms with Crippen molar-refractivity contribution in [1.29, 1.82) is 0 Å². The van der Waals surface area contributed by atoms with Gasteiger partial charge in [-0.2, -0.15) is 4.37 Å². The summed E-state index contributed by atoms with van der Waals surface area (Å²) in [6.45, 7) is 2.35. The summed E-state index contributed by atoms with van der Waals surface area (Å²) in [6.07, 6.45) is 0.440. The van der Waals surface area contributed by atoms with Gasteiger partial charge in [0.1, 0.15) is 11.9 Å². The Morgan fingerprint density at radius 1 is 1.69 bits per heavy atom. The van der Waals surface area contributed by atoms with Crippen molar-refractivity contribution in [3.8, 4) is 0 Å². The molecule has 2 unspecified atom stereocenters. The van der Waals surface area contributed by atoms with Crippen molar-refractivity contribution in [2.24, 2.45) is 0 Å². The Bertz CT molecular complexity index is 395. The molecule has 0 saturated carbocycles. The molecule has 1 aliphatic heterocycles. The van der Waals surface area contributed by atoms with Crippen LogP contribution in [0.15, 0.2) is 0 Å². The summed E-state index contributed by atoms with van der Waals surface area (Å²) >= 11 is 1.23. The number of rotatable bonds is 3. The van der Waals surface area contributed by atoms with E-state index in [4.69, 9.17) is 9.84 Å². The highest BCUT2D eigenvalue weighted by Crippen LogP contribution is 2.28. The molecule has 0 bridgehead atoms. The predicted octanol–water partition coefficient (Wildman–Crippen LogP) is 0.525. The molecule has 1 aromatic heterocycles. The van der Waals surface area contributed by atoms with E-state index >= 15 is 0 Å². The third-order valence-corrected chi connectivity index (χ3v) is 3.49. The van der Waals surface area contributed by atoms with Crippen LogP contribution in [0.2, 0.25) is 0 Å². The molecule has 0 radical (unpaired) electrons. The Labute approximate surface area is 97.0 Å². The zero-order valence-corrected chi connectivity index (χ0v) is 9.90. The van der Waals surface area contributed by atoms with Crippen LogP contribution in [0, 0.1) is 6.92 Å². The molecule has 1 aromatic rings. The average Bonchev–Trinajstić information content (AvgIpc) is 2.82. The number of hydrogen-bond acceptors (Lipinski definition) is 6. The lowest BCUT2D eigenvalue weighted by Gasteiger charge is -2.19. The normalized spacial score (nSPS) is 25.0. The molecule has 1 N–H and O–H groups in total. The SMILES string of the molecule is COC1CC(C(=O)O)N(c2nc(C)ns2)C1. The van der Waals surface area contributed by atoms with Crippen LogP contribution in [0.3, 0.4) is 0 Å². The highest BCUT2D eigenvalue weighted by molar-refractivity contribution is 7.09. The van der Waals surface area contributed by atoms with Crippen LogP contribution in [-0.2, 0) is 9.53 Å². The maximum absolute atomic E-state index is 11.1. The standard InChI is InChI=1S/C9H13N3O3S/c1-5-10-9(16-11-5)12-4-6(15-2)3-7(12)8(13)14/h6-7H,3-4H2,1-2H3,(H,13,14). The van der Waals surface area contributed by atoms with E-state index in [0.717, 1.165) is 0 Å². The topological polar surface area (TPSA) is 75.6 Å². The van der Waals surface area contributed by atoms with Gasteiger partial charge in [-0.3, -0.25) is 0 Å². The zero-order valence-electron chi connectivity index (χ0n) is 9.08. The van der Waals surface area contributed by atoms with Crippen LogP contribution in [0.4, 0.5) is 5.13 Å². The first kappa shape index (κ1) is 11.3. The van der Waals surface area contributed by atoms with E-state index in [9.17, 15) is 4.79 Å². The number of ether oxygens (including phenoxy) is 1. The predicted molar refractivity (Wildman–Crippen MR) is 58.8 cm³/mol. The summed E-state index contributed by atoms with van der Waals surface area (Å²) in [5.41, 5.74) is 0. The Kier molecular flexibility index (Phi) is 3.06. The van der Waals surface area contributed by atoms with Crippen molar-refractivity contribution in [1.82, 2.24) is 9.36 Å². The number of methoxy groups -OCH3 is 1. The Hall–Kier alpha value is -1.21. The number of carbonyl (C=O) groups is 1. The van der Waals surface area contributed by atoms with Crippen LogP contribution in [0.1, 0.15) is 12.2 Å². The van der Waals surface area contributed by atoms with Crippen molar-refractivity contribution in [3.63, 3.8) is 0 Å². The molecule has 7 heteroatoms. The number of carboxylic acids is 1. The second-order valence-electron chi connectivity index (χ2n) is 3.72. The number of carboxylic acid groups (broad SMARTS) is 1. The smallest absolute Gasteiger partial charge is 0.326 e. The van der Waals surface area contributed by atoms with Gasteiger partial charge in [-0.15, -0.1) is 0 Å². The molecular weight excluding hydrogens is 230 g/mol. The molecule has 1 fully saturated rings. The maximum Gasteiger partial charge on any atom is 0.326 e. The highest BCUT2D eigenvalue weighted by Gasteiger charge is 2.38. The molecule has 0 amide bonds. The van der Waals surface area contributed by atoms with E-state index in [-0.39, 0.29) is 6.10 Å². The van der Waals surface area contributed by atoms with Crippen LogP contribution in [-0.4, -0.2) is 46.2 Å². The van der Waals surface area contributed by atoms with E-state index < -0.39 is 12.0 Å². The van der Waals surface area contributed by atoms with Crippen LogP contribution in [0.5, 0.6) is 0 Å². The Balaban J connectivity index is 2.21. The number of anilines is 1. The third-order valence-electron chi connectivity index (χ3n) is 2.64. The Morgan fingerprint density at radius 2 is 2.44 bits per heavy atom. The van der Waals surface area contributed by atoms with Crippen LogP contribution >= 0.6 is 11.5 Å². The summed E-state index contributed by atoms with van der Waals surface area (Å²) in [5.74, 6) is -0.169. The van der Waals surface area contributed by atoms with Crippen molar-refractivity contribution < 1.29 is 14.6 Å². The van der Waals surface area contributed by atoms with Crippen molar-refractivity contribution in [2.45, 2.75) is 25.5 Å². The van der Waals surface area contributed by atoms with Gasteiger partial charge in [0.15, 0.2) is 0 Å². The number of aromatic nitrogens is 2. The number of aliphatic carboxylic acids is 1. The quantitative estimate of drug-likeness (QED) is 0.834. The first-order valence-electron chi connectivity index (χ1n) is 4.94. The van der Waals surface area contributed by atoms with Gasteiger partial charge in [-0.25, -0.2) is 9.78 Å². The number of hydrogen-bond donors (Lipinski definition) is 1. The third kappa shape index (κ3) is 2.00. The zero-order chi connectivity index (χ0) is 11.7. The minimum absolute atomic E-state index is 0.0506. The lowest BCUT2D eigenvalue weighted by Crippen LogP contribution is -2.35. The lowest BCUT2D eigenvalue weighted by molar-refractivity contribution is -0.138. The molecule has 6 nitrogen and oxygen atoms in total. The van der Waals surface area contributed by atoms with Gasteiger partial charge in [-0.05, 0) is 6.92 Å². The summed E-state index contributed by atoms with van der Waals surface area (Å²) in [6, 6.07) is -0.558. The molecular formula is C9H13N3O3S. The van der Waals surface area contributed by atoms with Gasteiger partial charge in [0.25, 0.3) is 0 Å². The van der Waals surface area contributed by atoms with E-state index in [1.807, 2.05) is 0 Å². The average molecular weight is 243 g/mol. The van der Waals surface area contributed by atoms with Crippen LogP contribution in [0.25, 0.3) is 0 Å². The van der Waals surface area contributed by atoms with E-state index in [1.54, 1.807) is 18.9 Å². The van der Waals surface area contributed by atoms with Gasteiger partial charge >= 0.3 is 5.97 Å². The molecule has 0 aromatic carbocycles. The summed E-state index contributed by atoms with van der Waals surface area (Å²) in [5, 5.41) is 9.78. The van der Waals surface area contributed by atoms with Gasteiger partial charge in [0.2, 0.25) is 5.13 Å².